The quantitative estimate of drug-likeness (QED) is 0.799. The van der Waals surface area contributed by atoms with E-state index in [-0.39, 0.29) is 17.5 Å². The summed E-state index contributed by atoms with van der Waals surface area (Å²) in [5.41, 5.74) is 0.365. The third kappa shape index (κ3) is 4.06. The van der Waals surface area contributed by atoms with Crippen molar-refractivity contribution < 1.29 is 22.7 Å². The number of rotatable bonds is 4. The number of amides is 1. The first kappa shape index (κ1) is 14.5. The summed E-state index contributed by atoms with van der Waals surface area (Å²) in [4.78, 5) is 23.2. The molecule has 1 amide bonds. The maximum absolute atomic E-state index is 11.6. The van der Waals surface area contributed by atoms with Gasteiger partial charge in [0.15, 0.2) is 16.4 Å². The topological polar surface area (TPSA) is 89.5 Å². The standard InChI is InChI=1S/C13H15NO5S/c15-12(14-11-6-7-20(17,18)9-11)8-19-13(16)10-4-2-1-3-5-10/h1-5,11H,6-9H2,(H,14,15)/t11-/m1/s1. The zero-order chi connectivity index (χ0) is 14.6. The van der Waals surface area contributed by atoms with Crippen molar-refractivity contribution in [2.75, 3.05) is 18.1 Å². The van der Waals surface area contributed by atoms with Gasteiger partial charge in [-0.1, -0.05) is 18.2 Å². The van der Waals surface area contributed by atoms with Gasteiger partial charge in [0.25, 0.3) is 5.91 Å². The van der Waals surface area contributed by atoms with Crippen LogP contribution in [0.4, 0.5) is 0 Å². The molecule has 108 valence electrons. The summed E-state index contributed by atoms with van der Waals surface area (Å²) in [7, 11) is -3.04. The van der Waals surface area contributed by atoms with E-state index in [2.05, 4.69) is 5.32 Å². The van der Waals surface area contributed by atoms with Crippen LogP contribution in [0.25, 0.3) is 0 Å². The van der Waals surface area contributed by atoms with E-state index in [9.17, 15) is 18.0 Å². The van der Waals surface area contributed by atoms with Crippen LogP contribution in [0.15, 0.2) is 30.3 Å². The summed E-state index contributed by atoms with van der Waals surface area (Å²) in [6.45, 7) is -0.412. The van der Waals surface area contributed by atoms with Gasteiger partial charge in [-0.25, -0.2) is 13.2 Å². The van der Waals surface area contributed by atoms with E-state index in [1.54, 1.807) is 30.3 Å². The van der Waals surface area contributed by atoms with Crippen molar-refractivity contribution >= 4 is 21.7 Å². The molecule has 1 aromatic carbocycles. The Kier molecular flexibility index (Phi) is 4.39. The van der Waals surface area contributed by atoms with Crippen LogP contribution in [-0.4, -0.2) is 44.4 Å². The number of nitrogens with one attached hydrogen (secondary N) is 1. The monoisotopic (exact) mass is 297 g/mol. The third-order valence-corrected chi connectivity index (χ3v) is 4.71. The molecule has 7 heteroatoms. The highest BCUT2D eigenvalue weighted by molar-refractivity contribution is 7.91. The molecule has 20 heavy (non-hydrogen) atoms. The van der Waals surface area contributed by atoms with Crippen LogP contribution >= 0.6 is 0 Å². The molecule has 1 heterocycles. The highest BCUT2D eigenvalue weighted by Crippen LogP contribution is 2.11. The van der Waals surface area contributed by atoms with Gasteiger partial charge in [0.2, 0.25) is 0 Å². The van der Waals surface area contributed by atoms with E-state index >= 15 is 0 Å². The van der Waals surface area contributed by atoms with E-state index in [0.29, 0.717) is 12.0 Å². The molecule has 1 atom stereocenters. The van der Waals surface area contributed by atoms with Crippen LogP contribution in [0.5, 0.6) is 0 Å². The Balaban J connectivity index is 1.77. The van der Waals surface area contributed by atoms with E-state index in [1.807, 2.05) is 0 Å². The minimum absolute atomic E-state index is 0.0502. The molecule has 2 rings (SSSR count). The molecule has 0 unspecified atom stereocenters. The molecule has 6 nitrogen and oxygen atoms in total. The van der Waals surface area contributed by atoms with Crippen LogP contribution in [0, 0.1) is 0 Å². The average Bonchev–Trinajstić information content (AvgIpc) is 2.76. The number of carbonyl (C=O) groups is 2. The summed E-state index contributed by atoms with van der Waals surface area (Å²) >= 11 is 0. The number of hydrogen-bond acceptors (Lipinski definition) is 5. The Morgan fingerprint density at radius 3 is 2.55 bits per heavy atom. The largest absolute Gasteiger partial charge is 0.452 e. The second kappa shape index (κ2) is 6.04. The Labute approximate surface area is 117 Å². The maximum Gasteiger partial charge on any atom is 0.338 e. The fourth-order valence-corrected chi connectivity index (χ4v) is 3.64. The molecular weight excluding hydrogens is 282 g/mol. The lowest BCUT2D eigenvalue weighted by molar-refractivity contribution is -0.124. The van der Waals surface area contributed by atoms with Gasteiger partial charge in [0.05, 0.1) is 17.1 Å². The number of sulfone groups is 1. The van der Waals surface area contributed by atoms with E-state index in [0.717, 1.165) is 0 Å². The highest BCUT2D eigenvalue weighted by atomic mass is 32.2. The van der Waals surface area contributed by atoms with Gasteiger partial charge in [-0.15, -0.1) is 0 Å². The molecule has 1 aromatic rings. The average molecular weight is 297 g/mol. The summed E-state index contributed by atoms with van der Waals surface area (Å²) in [6.07, 6.45) is 0.403. The number of carbonyl (C=O) groups excluding carboxylic acids is 2. The fraction of sp³-hybridized carbons (Fsp3) is 0.385. The summed E-state index contributed by atoms with van der Waals surface area (Å²) in [6, 6.07) is 7.94. The lowest BCUT2D eigenvalue weighted by Gasteiger charge is -2.10. The van der Waals surface area contributed by atoms with Crippen LogP contribution in [0.1, 0.15) is 16.8 Å². The minimum atomic E-state index is -3.04. The van der Waals surface area contributed by atoms with Gasteiger partial charge in [0, 0.05) is 6.04 Å². The number of esters is 1. The lowest BCUT2D eigenvalue weighted by atomic mass is 10.2. The first-order valence-corrected chi connectivity index (χ1v) is 8.00. The zero-order valence-corrected chi connectivity index (χ0v) is 11.6. The highest BCUT2D eigenvalue weighted by Gasteiger charge is 2.29. The van der Waals surface area contributed by atoms with Crippen molar-refractivity contribution in [2.24, 2.45) is 0 Å². The van der Waals surface area contributed by atoms with Gasteiger partial charge in [-0.2, -0.15) is 0 Å². The van der Waals surface area contributed by atoms with Crippen molar-refractivity contribution in [3.63, 3.8) is 0 Å². The summed E-state index contributed by atoms with van der Waals surface area (Å²) in [5, 5.41) is 2.55. The molecule has 1 aliphatic heterocycles. The van der Waals surface area contributed by atoms with Gasteiger partial charge >= 0.3 is 5.97 Å². The van der Waals surface area contributed by atoms with Gasteiger partial charge in [0.1, 0.15) is 0 Å². The molecule has 1 saturated heterocycles. The first-order chi connectivity index (χ1) is 9.46. The molecule has 0 bridgehead atoms. The van der Waals surface area contributed by atoms with Crippen LogP contribution in [0.2, 0.25) is 0 Å². The smallest absolute Gasteiger partial charge is 0.338 e. The first-order valence-electron chi connectivity index (χ1n) is 6.18. The fourth-order valence-electron chi connectivity index (χ4n) is 1.97. The molecule has 0 radical (unpaired) electrons. The van der Waals surface area contributed by atoms with Crippen molar-refractivity contribution in [1.82, 2.24) is 5.32 Å². The van der Waals surface area contributed by atoms with Crippen molar-refractivity contribution in [1.29, 1.82) is 0 Å². The lowest BCUT2D eigenvalue weighted by Crippen LogP contribution is -2.38. The van der Waals surface area contributed by atoms with Crippen LogP contribution in [0.3, 0.4) is 0 Å². The van der Waals surface area contributed by atoms with Crippen molar-refractivity contribution in [3.8, 4) is 0 Å². The Morgan fingerprint density at radius 2 is 1.95 bits per heavy atom. The normalized spacial score (nSPS) is 20.3. The van der Waals surface area contributed by atoms with E-state index in [4.69, 9.17) is 4.74 Å². The Bertz CT molecular complexity index is 596. The molecule has 1 N–H and O–H groups in total. The van der Waals surface area contributed by atoms with Gasteiger partial charge < -0.3 is 10.1 Å². The maximum atomic E-state index is 11.6. The zero-order valence-electron chi connectivity index (χ0n) is 10.7. The Hall–Kier alpha value is -1.89. The third-order valence-electron chi connectivity index (χ3n) is 2.94. The number of hydrogen-bond donors (Lipinski definition) is 1. The molecule has 0 aromatic heterocycles. The minimum Gasteiger partial charge on any atom is -0.452 e. The van der Waals surface area contributed by atoms with Crippen LogP contribution in [-0.2, 0) is 19.4 Å². The molecule has 0 aliphatic carbocycles. The molecular formula is C13H15NO5S. The second-order valence-corrected chi connectivity index (χ2v) is 6.84. The SMILES string of the molecule is O=C(COC(=O)c1ccccc1)N[C@@H]1CCS(=O)(=O)C1. The summed E-state index contributed by atoms with van der Waals surface area (Å²) in [5.74, 6) is -1.04. The predicted molar refractivity (Wildman–Crippen MR) is 71.9 cm³/mol. The molecule has 0 spiro atoms. The Morgan fingerprint density at radius 1 is 1.25 bits per heavy atom. The molecule has 1 aliphatic rings. The van der Waals surface area contributed by atoms with E-state index < -0.39 is 28.3 Å². The van der Waals surface area contributed by atoms with E-state index in [1.165, 1.54) is 0 Å². The van der Waals surface area contributed by atoms with Crippen LogP contribution < -0.4 is 5.32 Å². The van der Waals surface area contributed by atoms with Crippen molar-refractivity contribution in [3.05, 3.63) is 35.9 Å². The van der Waals surface area contributed by atoms with Gasteiger partial charge in [-0.05, 0) is 18.6 Å². The second-order valence-electron chi connectivity index (χ2n) is 4.61. The summed E-state index contributed by atoms with van der Waals surface area (Å²) < 4.78 is 27.3. The molecule has 1 fully saturated rings. The predicted octanol–water partition coefficient (Wildman–Crippen LogP) is 0.147. The number of ether oxygens (including phenoxy) is 1. The van der Waals surface area contributed by atoms with Crippen molar-refractivity contribution in [2.45, 2.75) is 12.5 Å². The van der Waals surface area contributed by atoms with Gasteiger partial charge in [-0.3, -0.25) is 4.79 Å². The number of benzene rings is 1. The molecule has 0 saturated carbocycles.